The third-order valence-corrected chi connectivity index (χ3v) is 7.37. The van der Waals surface area contributed by atoms with Gasteiger partial charge in [-0.3, -0.25) is 9.52 Å². The number of sulfonamides is 1. The first-order valence-electron chi connectivity index (χ1n) is 12.3. The quantitative estimate of drug-likeness (QED) is 0.587. The van der Waals surface area contributed by atoms with Crippen molar-refractivity contribution in [1.29, 1.82) is 0 Å². The van der Waals surface area contributed by atoms with Crippen molar-refractivity contribution in [2.45, 2.75) is 45.1 Å². The second-order valence-corrected chi connectivity index (χ2v) is 11.5. The molecule has 0 aromatic heterocycles. The van der Waals surface area contributed by atoms with Crippen LogP contribution in [0.5, 0.6) is 0 Å². The number of carbonyl (C=O) groups is 2. The van der Waals surface area contributed by atoms with Gasteiger partial charge in [-0.1, -0.05) is 18.2 Å². The summed E-state index contributed by atoms with van der Waals surface area (Å²) in [5.41, 5.74) is 1.16. The summed E-state index contributed by atoms with van der Waals surface area (Å²) in [7, 11) is -3.80. The number of nitrogens with zero attached hydrogens (tertiary/aromatic N) is 3. The van der Waals surface area contributed by atoms with Gasteiger partial charge in [-0.15, -0.1) is 0 Å². The maximum Gasteiger partial charge on any atom is 0.317 e. The number of anilines is 2. The van der Waals surface area contributed by atoms with E-state index in [1.165, 1.54) is 12.1 Å². The molecule has 0 unspecified atom stereocenters. The Hall–Kier alpha value is -3.27. The Labute approximate surface area is 214 Å². The van der Waals surface area contributed by atoms with E-state index >= 15 is 0 Å². The maximum atomic E-state index is 13.4. The highest BCUT2D eigenvalue weighted by Crippen LogP contribution is 2.28. The van der Waals surface area contributed by atoms with E-state index in [0.29, 0.717) is 50.5 Å². The molecule has 2 aromatic rings. The number of carbonyl (C=O) groups excluding carboxylic acids is 2. The molecule has 0 aliphatic carbocycles. The predicted molar refractivity (Wildman–Crippen MR) is 143 cm³/mol. The van der Waals surface area contributed by atoms with Crippen LogP contribution in [0.3, 0.4) is 0 Å². The standard InChI is InChI=1S/C26H37N5O4S/c1-6-29(7-2)24(32)22-19-20(28-36(34,35)21-11-9-8-10-12-21)13-14-23(22)30-15-17-31(18-16-30)25(33)27-26(3,4)5/h8-14,19,28H,6-7,15-18H2,1-5H3,(H,27,33). The smallest absolute Gasteiger partial charge is 0.317 e. The molecule has 0 radical (unpaired) electrons. The van der Waals surface area contributed by atoms with Crippen molar-refractivity contribution in [3.63, 3.8) is 0 Å². The Balaban J connectivity index is 1.87. The van der Waals surface area contributed by atoms with E-state index in [0.717, 1.165) is 5.69 Å². The predicted octanol–water partition coefficient (Wildman–Crippen LogP) is 3.60. The molecule has 10 heteroatoms. The largest absolute Gasteiger partial charge is 0.367 e. The number of benzene rings is 2. The zero-order valence-electron chi connectivity index (χ0n) is 21.7. The molecule has 1 fully saturated rings. The molecule has 1 aliphatic rings. The van der Waals surface area contributed by atoms with Gasteiger partial charge in [-0.2, -0.15) is 0 Å². The second-order valence-electron chi connectivity index (χ2n) is 9.78. The number of piperazine rings is 1. The van der Waals surface area contributed by atoms with Crippen molar-refractivity contribution in [3.05, 3.63) is 54.1 Å². The summed E-state index contributed by atoms with van der Waals surface area (Å²) in [6, 6.07) is 13.1. The summed E-state index contributed by atoms with van der Waals surface area (Å²) in [6.45, 7) is 12.9. The lowest BCUT2D eigenvalue weighted by Crippen LogP contribution is -2.55. The van der Waals surface area contributed by atoms with Crippen molar-refractivity contribution < 1.29 is 18.0 Å². The van der Waals surface area contributed by atoms with Gasteiger partial charge in [-0.25, -0.2) is 13.2 Å². The zero-order chi connectivity index (χ0) is 26.5. The summed E-state index contributed by atoms with van der Waals surface area (Å²) in [5.74, 6) is -0.163. The number of hydrogen-bond acceptors (Lipinski definition) is 5. The van der Waals surface area contributed by atoms with Crippen LogP contribution < -0.4 is 14.9 Å². The summed E-state index contributed by atoms with van der Waals surface area (Å²) >= 11 is 0. The fraction of sp³-hybridized carbons (Fsp3) is 0.462. The van der Waals surface area contributed by atoms with Crippen molar-refractivity contribution in [2.24, 2.45) is 0 Å². The molecular weight excluding hydrogens is 478 g/mol. The Morgan fingerprint density at radius 1 is 0.944 bits per heavy atom. The monoisotopic (exact) mass is 515 g/mol. The van der Waals surface area contributed by atoms with Gasteiger partial charge in [0.25, 0.3) is 15.9 Å². The van der Waals surface area contributed by atoms with E-state index in [9.17, 15) is 18.0 Å². The molecule has 2 N–H and O–H groups in total. The number of amides is 3. The van der Waals surface area contributed by atoms with Crippen LogP contribution in [-0.4, -0.2) is 75.0 Å². The molecule has 1 saturated heterocycles. The first-order valence-corrected chi connectivity index (χ1v) is 13.8. The highest BCUT2D eigenvalue weighted by atomic mass is 32.2. The first-order chi connectivity index (χ1) is 16.9. The van der Waals surface area contributed by atoms with Crippen molar-refractivity contribution >= 4 is 33.3 Å². The van der Waals surface area contributed by atoms with E-state index in [-0.39, 0.29) is 22.4 Å². The van der Waals surface area contributed by atoms with Crippen LogP contribution >= 0.6 is 0 Å². The van der Waals surface area contributed by atoms with Crippen molar-refractivity contribution in [1.82, 2.24) is 15.1 Å². The zero-order valence-corrected chi connectivity index (χ0v) is 22.6. The molecule has 0 bridgehead atoms. The van der Waals surface area contributed by atoms with E-state index in [4.69, 9.17) is 0 Å². The average molecular weight is 516 g/mol. The Morgan fingerprint density at radius 3 is 2.11 bits per heavy atom. The molecule has 3 amide bonds. The Bertz CT molecular complexity index is 1170. The highest BCUT2D eigenvalue weighted by molar-refractivity contribution is 7.92. The minimum Gasteiger partial charge on any atom is -0.367 e. The SMILES string of the molecule is CCN(CC)C(=O)c1cc(NS(=O)(=O)c2ccccc2)ccc1N1CCN(C(=O)NC(C)(C)C)CC1. The third kappa shape index (κ3) is 6.69. The van der Waals surface area contributed by atoms with Crippen LogP contribution in [0, 0.1) is 0 Å². The summed E-state index contributed by atoms with van der Waals surface area (Å²) in [6.07, 6.45) is 0. The molecule has 196 valence electrons. The molecule has 36 heavy (non-hydrogen) atoms. The number of nitrogens with one attached hydrogen (secondary N) is 2. The summed E-state index contributed by atoms with van der Waals surface area (Å²) < 4.78 is 28.3. The molecule has 0 saturated carbocycles. The van der Waals surface area contributed by atoms with E-state index in [1.54, 1.807) is 46.2 Å². The fourth-order valence-electron chi connectivity index (χ4n) is 4.09. The number of urea groups is 1. The minimum atomic E-state index is -3.80. The van der Waals surface area contributed by atoms with Gasteiger partial charge in [0.05, 0.1) is 10.5 Å². The summed E-state index contributed by atoms with van der Waals surface area (Å²) in [4.78, 5) is 31.7. The molecule has 2 aromatic carbocycles. The van der Waals surface area contributed by atoms with Crippen LogP contribution in [0.15, 0.2) is 53.4 Å². The highest BCUT2D eigenvalue weighted by Gasteiger charge is 2.27. The lowest BCUT2D eigenvalue weighted by Gasteiger charge is -2.38. The average Bonchev–Trinajstić information content (AvgIpc) is 2.84. The minimum absolute atomic E-state index is 0.104. The molecule has 1 heterocycles. The maximum absolute atomic E-state index is 13.4. The molecule has 0 atom stereocenters. The van der Waals surface area contributed by atoms with Gasteiger partial charge in [-0.05, 0) is 65.0 Å². The van der Waals surface area contributed by atoms with Gasteiger partial charge in [0.1, 0.15) is 0 Å². The van der Waals surface area contributed by atoms with Crippen LogP contribution in [0.25, 0.3) is 0 Å². The fourth-order valence-corrected chi connectivity index (χ4v) is 5.16. The van der Waals surface area contributed by atoms with Crippen molar-refractivity contribution in [2.75, 3.05) is 48.9 Å². The lowest BCUT2D eigenvalue weighted by molar-refractivity contribution is 0.0773. The number of rotatable bonds is 7. The van der Waals surface area contributed by atoms with Gasteiger partial charge in [0, 0.05) is 56.2 Å². The van der Waals surface area contributed by atoms with Crippen LogP contribution in [0.2, 0.25) is 0 Å². The molecule has 3 rings (SSSR count). The van der Waals surface area contributed by atoms with Gasteiger partial charge in [0.15, 0.2) is 0 Å². The van der Waals surface area contributed by atoms with Gasteiger partial charge in [0.2, 0.25) is 0 Å². The second kappa shape index (κ2) is 11.2. The van der Waals surface area contributed by atoms with Crippen LogP contribution in [0.1, 0.15) is 45.0 Å². The van der Waals surface area contributed by atoms with Gasteiger partial charge >= 0.3 is 6.03 Å². The molecule has 1 aliphatic heterocycles. The Kier molecular flexibility index (Phi) is 8.50. The van der Waals surface area contributed by atoms with E-state index in [2.05, 4.69) is 14.9 Å². The molecule has 9 nitrogen and oxygen atoms in total. The topological polar surface area (TPSA) is 102 Å². The van der Waals surface area contributed by atoms with E-state index < -0.39 is 10.0 Å². The van der Waals surface area contributed by atoms with Gasteiger partial charge < -0.3 is 20.0 Å². The normalized spacial score (nSPS) is 14.4. The van der Waals surface area contributed by atoms with Crippen molar-refractivity contribution in [3.8, 4) is 0 Å². The molecule has 0 spiro atoms. The lowest BCUT2D eigenvalue weighted by atomic mass is 10.1. The first kappa shape index (κ1) is 27.3. The Morgan fingerprint density at radius 2 is 1.56 bits per heavy atom. The molecular formula is C26H37N5O4S. The van der Waals surface area contributed by atoms with Crippen LogP contribution in [0.4, 0.5) is 16.2 Å². The van der Waals surface area contributed by atoms with E-state index in [1.807, 2.05) is 34.6 Å². The van der Waals surface area contributed by atoms with Crippen LogP contribution in [-0.2, 0) is 10.0 Å². The third-order valence-electron chi connectivity index (χ3n) is 5.97. The number of hydrogen-bond donors (Lipinski definition) is 2. The summed E-state index contributed by atoms with van der Waals surface area (Å²) in [5, 5.41) is 2.99.